The van der Waals surface area contributed by atoms with Gasteiger partial charge >= 0.3 is 6.18 Å². The average Bonchev–Trinajstić information content (AvgIpc) is 3.27. The van der Waals surface area contributed by atoms with Crippen LogP contribution in [0.3, 0.4) is 0 Å². The lowest BCUT2D eigenvalue weighted by atomic mass is 10.0. The van der Waals surface area contributed by atoms with Crippen LogP contribution in [0.5, 0.6) is 0 Å². The van der Waals surface area contributed by atoms with Crippen molar-refractivity contribution in [3.8, 4) is 11.1 Å². The van der Waals surface area contributed by atoms with Crippen LogP contribution in [0.15, 0.2) is 54.7 Å². The molecule has 0 fully saturated rings. The van der Waals surface area contributed by atoms with Crippen molar-refractivity contribution in [2.75, 3.05) is 0 Å². The number of nitrogens with zero attached hydrogens (tertiary/aromatic N) is 2. The second-order valence-electron chi connectivity index (χ2n) is 7.21. The monoisotopic (exact) mass is 443 g/mol. The number of aromatic nitrogens is 2. The van der Waals surface area contributed by atoms with Crippen molar-refractivity contribution < 1.29 is 18.0 Å². The summed E-state index contributed by atoms with van der Waals surface area (Å²) in [6.07, 6.45) is -1.76. The molecule has 8 heteroatoms. The van der Waals surface area contributed by atoms with Crippen LogP contribution in [0.4, 0.5) is 13.2 Å². The first-order valence-electron chi connectivity index (χ1n) is 9.78. The van der Waals surface area contributed by atoms with Crippen molar-refractivity contribution in [3.63, 3.8) is 0 Å². The van der Waals surface area contributed by atoms with E-state index in [1.54, 1.807) is 11.3 Å². The largest absolute Gasteiger partial charge is 0.416 e. The minimum absolute atomic E-state index is 0.186. The SMILES string of the molecule is CCc1nc2sc(C)cn2c1C(=O)NCc1ccc(-c2ccc(C(F)(F)F)cc2)cc1. The van der Waals surface area contributed by atoms with Gasteiger partial charge in [0, 0.05) is 17.6 Å². The highest BCUT2D eigenvalue weighted by molar-refractivity contribution is 7.17. The molecular weight excluding hydrogens is 423 g/mol. The Morgan fingerprint density at radius 2 is 1.68 bits per heavy atom. The summed E-state index contributed by atoms with van der Waals surface area (Å²) in [5.74, 6) is -0.186. The first kappa shape index (κ1) is 21.1. The smallest absolute Gasteiger partial charge is 0.347 e. The summed E-state index contributed by atoms with van der Waals surface area (Å²) in [5, 5.41) is 2.94. The van der Waals surface area contributed by atoms with Crippen molar-refractivity contribution in [1.29, 1.82) is 0 Å². The molecule has 2 aromatic heterocycles. The normalized spacial score (nSPS) is 11.8. The molecular formula is C23H20F3N3OS. The van der Waals surface area contributed by atoms with E-state index in [4.69, 9.17) is 0 Å². The zero-order chi connectivity index (χ0) is 22.2. The van der Waals surface area contributed by atoms with E-state index in [1.807, 2.05) is 48.7 Å². The molecule has 0 aliphatic heterocycles. The molecule has 0 saturated carbocycles. The maximum absolute atomic E-state index is 12.8. The molecule has 0 spiro atoms. The number of aryl methyl sites for hydroxylation is 2. The fourth-order valence-electron chi connectivity index (χ4n) is 3.42. The van der Waals surface area contributed by atoms with Crippen LogP contribution in [-0.2, 0) is 19.1 Å². The summed E-state index contributed by atoms with van der Waals surface area (Å²) in [6.45, 7) is 4.28. The Hall–Kier alpha value is -3.13. The third kappa shape index (κ3) is 4.34. The zero-order valence-corrected chi connectivity index (χ0v) is 17.8. The molecule has 4 nitrogen and oxygen atoms in total. The summed E-state index contributed by atoms with van der Waals surface area (Å²) in [5.41, 5.74) is 3.06. The van der Waals surface area contributed by atoms with Crippen molar-refractivity contribution in [2.45, 2.75) is 33.0 Å². The van der Waals surface area contributed by atoms with Crippen LogP contribution in [0.2, 0.25) is 0 Å². The van der Waals surface area contributed by atoms with Crippen molar-refractivity contribution >= 4 is 22.2 Å². The summed E-state index contributed by atoms with van der Waals surface area (Å²) >= 11 is 1.55. The Morgan fingerprint density at radius 1 is 1.06 bits per heavy atom. The highest BCUT2D eigenvalue weighted by atomic mass is 32.1. The van der Waals surface area contributed by atoms with Crippen molar-refractivity contribution in [2.24, 2.45) is 0 Å². The van der Waals surface area contributed by atoms with E-state index in [-0.39, 0.29) is 5.91 Å². The molecule has 160 valence electrons. The molecule has 0 aliphatic carbocycles. The number of hydrogen-bond acceptors (Lipinski definition) is 3. The molecule has 0 bridgehead atoms. The third-order valence-corrected chi connectivity index (χ3v) is 5.91. The van der Waals surface area contributed by atoms with E-state index in [0.29, 0.717) is 24.2 Å². The highest BCUT2D eigenvalue weighted by Gasteiger charge is 2.30. The van der Waals surface area contributed by atoms with Crippen LogP contribution in [0.25, 0.3) is 16.1 Å². The standard InChI is InChI=1S/C23H20F3N3OS/c1-3-19-20(29-13-14(2)31-22(29)28-19)21(30)27-12-15-4-6-16(7-5-15)17-8-10-18(11-9-17)23(24,25)26/h4-11,13H,3,12H2,1-2H3,(H,27,30). The second kappa shape index (κ2) is 8.19. The fraction of sp³-hybridized carbons (Fsp3) is 0.217. The van der Waals surface area contributed by atoms with Gasteiger partial charge in [-0.1, -0.05) is 43.3 Å². The van der Waals surface area contributed by atoms with Gasteiger partial charge in [0.25, 0.3) is 5.91 Å². The Kier molecular flexibility index (Phi) is 5.58. The number of benzene rings is 2. The molecule has 4 aromatic rings. The van der Waals surface area contributed by atoms with E-state index < -0.39 is 11.7 Å². The maximum atomic E-state index is 12.8. The van der Waals surface area contributed by atoms with Gasteiger partial charge < -0.3 is 5.32 Å². The van der Waals surface area contributed by atoms with Gasteiger partial charge in [-0.05, 0) is 42.2 Å². The summed E-state index contributed by atoms with van der Waals surface area (Å²) < 4.78 is 40.0. The number of thiazole rings is 1. The molecule has 1 amide bonds. The van der Waals surface area contributed by atoms with Gasteiger partial charge in [0.05, 0.1) is 11.3 Å². The van der Waals surface area contributed by atoms with Crippen LogP contribution in [0.1, 0.15) is 39.1 Å². The lowest BCUT2D eigenvalue weighted by Gasteiger charge is -2.09. The van der Waals surface area contributed by atoms with Crippen LogP contribution in [0, 0.1) is 6.92 Å². The Morgan fingerprint density at radius 3 is 2.26 bits per heavy atom. The van der Waals surface area contributed by atoms with Gasteiger partial charge in [0.15, 0.2) is 4.96 Å². The topological polar surface area (TPSA) is 46.4 Å². The molecule has 1 N–H and O–H groups in total. The third-order valence-electron chi connectivity index (χ3n) is 5.02. The minimum atomic E-state index is -4.35. The van der Waals surface area contributed by atoms with E-state index >= 15 is 0 Å². The molecule has 0 unspecified atom stereocenters. The molecule has 0 radical (unpaired) electrons. The molecule has 31 heavy (non-hydrogen) atoms. The van der Waals surface area contributed by atoms with Gasteiger partial charge in [-0.2, -0.15) is 13.2 Å². The minimum Gasteiger partial charge on any atom is -0.347 e. The summed E-state index contributed by atoms with van der Waals surface area (Å²) in [6, 6.07) is 12.4. The van der Waals surface area contributed by atoms with E-state index in [1.165, 1.54) is 12.1 Å². The molecule has 2 heterocycles. The molecule has 0 aliphatic rings. The predicted octanol–water partition coefficient (Wildman–Crippen LogP) is 5.88. The Bertz CT molecular complexity index is 1220. The quantitative estimate of drug-likeness (QED) is 0.419. The molecule has 0 saturated heterocycles. The lowest BCUT2D eigenvalue weighted by molar-refractivity contribution is -0.137. The van der Waals surface area contributed by atoms with Crippen LogP contribution >= 0.6 is 11.3 Å². The van der Waals surface area contributed by atoms with Gasteiger partial charge in [0.2, 0.25) is 0 Å². The fourth-order valence-corrected chi connectivity index (χ4v) is 4.26. The van der Waals surface area contributed by atoms with Gasteiger partial charge in [-0.15, -0.1) is 11.3 Å². The van der Waals surface area contributed by atoms with Crippen LogP contribution in [-0.4, -0.2) is 15.3 Å². The predicted molar refractivity (Wildman–Crippen MR) is 115 cm³/mol. The molecule has 4 rings (SSSR count). The first-order chi connectivity index (χ1) is 14.8. The summed E-state index contributed by atoms with van der Waals surface area (Å²) in [7, 11) is 0. The Labute approximate surface area is 181 Å². The summed E-state index contributed by atoms with van der Waals surface area (Å²) in [4.78, 5) is 19.3. The number of halogens is 3. The van der Waals surface area contributed by atoms with Gasteiger partial charge in [0.1, 0.15) is 5.69 Å². The van der Waals surface area contributed by atoms with Gasteiger partial charge in [-0.3, -0.25) is 9.20 Å². The van der Waals surface area contributed by atoms with Crippen molar-refractivity contribution in [3.05, 3.63) is 82.1 Å². The number of alkyl halides is 3. The number of carbonyl (C=O) groups excluding carboxylic acids is 1. The Balaban J connectivity index is 1.46. The number of amides is 1. The van der Waals surface area contributed by atoms with Crippen molar-refractivity contribution in [1.82, 2.24) is 14.7 Å². The van der Waals surface area contributed by atoms with E-state index in [9.17, 15) is 18.0 Å². The number of fused-ring (bicyclic) bond motifs is 1. The number of imidazole rings is 1. The molecule has 0 atom stereocenters. The van der Waals surface area contributed by atoms with E-state index in [0.717, 1.165) is 38.8 Å². The van der Waals surface area contributed by atoms with E-state index in [2.05, 4.69) is 10.3 Å². The van der Waals surface area contributed by atoms with Crippen LogP contribution < -0.4 is 5.32 Å². The maximum Gasteiger partial charge on any atom is 0.416 e. The highest BCUT2D eigenvalue weighted by Crippen LogP contribution is 2.31. The average molecular weight is 443 g/mol. The first-order valence-corrected chi connectivity index (χ1v) is 10.6. The number of hydrogen-bond donors (Lipinski definition) is 1. The number of rotatable bonds is 5. The zero-order valence-electron chi connectivity index (χ0n) is 17.0. The lowest BCUT2D eigenvalue weighted by Crippen LogP contribution is -2.25. The number of nitrogens with one attached hydrogen (secondary N) is 1. The second-order valence-corrected chi connectivity index (χ2v) is 8.42. The van der Waals surface area contributed by atoms with Gasteiger partial charge in [-0.25, -0.2) is 4.98 Å². The molecule has 2 aromatic carbocycles. The number of carbonyl (C=O) groups is 1.